The Morgan fingerprint density at radius 2 is 1.79 bits per heavy atom. The third kappa shape index (κ3) is 6.12. The van der Waals surface area contributed by atoms with Crippen LogP contribution in [0, 0.1) is 0 Å². The van der Waals surface area contributed by atoms with Crippen LogP contribution in [0.5, 0.6) is 0 Å². The van der Waals surface area contributed by atoms with Gasteiger partial charge in [-0.2, -0.15) is 0 Å². The summed E-state index contributed by atoms with van der Waals surface area (Å²) in [6.07, 6.45) is -0.799. The zero-order chi connectivity index (χ0) is 20.7. The van der Waals surface area contributed by atoms with E-state index in [4.69, 9.17) is 28.4 Å². The first kappa shape index (κ1) is 23.0. The summed E-state index contributed by atoms with van der Waals surface area (Å²) in [5.74, 6) is -1.32. The van der Waals surface area contributed by atoms with Gasteiger partial charge in [-0.3, -0.25) is 9.59 Å². The van der Waals surface area contributed by atoms with E-state index in [0.29, 0.717) is 32.6 Å². The molecule has 9 nitrogen and oxygen atoms in total. The van der Waals surface area contributed by atoms with Crippen LogP contribution in [0.3, 0.4) is 0 Å². The van der Waals surface area contributed by atoms with E-state index in [1.165, 1.54) is 0 Å². The molecule has 0 aliphatic carbocycles. The fourth-order valence-electron chi connectivity index (χ4n) is 3.55. The van der Waals surface area contributed by atoms with Crippen LogP contribution in [0.2, 0.25) is 0 Å². The van der Waals surface area contributed by atoms with Gasteiger partial charge in [0.1, 0.15) is 18.3 Å². The molecule has 9 heteroatoms. The van der Waals surface area contributed by atoms with Crippen LogP contribution in [0.15, 0.2) is 0 Å². The molecule has 2 aliphatic rings. The Hall–Kier alpha value is -1.26. The van der Waals surface area contributed by atoms with Crippen molar-refractivity contribution >= 4 is 11.9 Å². The number of hydrogen-bond acceptors (Lipinski definition) is 9. The van der Waals surface area contributed by atoms with Crippen molar-refractivity contribution in [1.82, 2.24) is 5.32 Å². The summed E-state index contributed by atoms with van der Waals surface area (Å²) in [5.41, 5.74) is 0. The summed E-state index contributed by atoms with van der Waals surface area (Å²) in [7, 11) is 1.58. The lowest BCUT2D eigenvalue weighted by Gasteiger charge is -2.30. The number of rotatable bonds is 11. The smallest absolute Gasteiger partial charge is 0.307 e. The number of carbonyl (C=O) groups is 2. The first-order chi connectivity index (χ1) is 13.3. The zero-order valence-electron chi connectivity index (χ0n) is 17.4. The minimum absolute atomic E-state index is 0.112. The molecule has 0 radical (unpaired) electrons. The quantitative estimate of drug-likeness (QED) is 0.402. The standard InChI is InChI=1S/C19H33NO8/c1-6-24-13(21)9-8-10-20-12(11-14(22)25-7-2)15-16(23-5)17-18(26-15)28-19(3,4)27-17/h12,15-18,20H,6-11H2,1-5H3/t12-,15-,16+,17-,18-/m1/s1. The Kier molecular flexibility index (Phi) is 8.63. The molecule has 2 aliphatic heterocycles. The van der Waals surface area contributed by atoms with Gasteiger partial charge in [0.15, 0.2) is 12.1 Å². The normalized spacial score (nSPS) is 29.3. The average molecular weight is 403 g/mol. The lowest BCUT2D eigenvalue weighted by molar-refractivity contribution is -0.220. The molecule has 0 aromatic carbocycles. The van der Waals surface area contributed by atoms with E-state index < -0.39 is 24.3 Å². The van der Waals surface area contributed by atoms with E-state index in [1.807, 2.05) is 13.8 Å². The van der Waals surface area contributed by atoms with Crippen molar-refractivity contribution in [3.05, 3.63) is 0 Å². The van der Waals surface area contributed by atoms with E-state index >= 15 is 0 Å². The van der Waals surface area contributed by atoms with Crippen molar-refractivity contribution in [2.45, 2.75) is 83.4 Å². The summed E-state index contributed by atoms with van der Waals surface area (Å²) in [5, 5.41) is 3.30. The molecule has 1 N–H and O–H groups in total. The van der Waals surface area contributed by atoms with Gasteiger partial charge in [-0.25, -0.2) is 0 Å². The molecule has 2 fully saturated rings. The SMILES string of the molecule is CCOC(=O)CCCN[C@H](CC(=O)OCC)[C@H]1O[C@@H]2OC(C)(C)O[C@@H]2[C@H]1OC. The monoisotopic (exact) mass is 403 g/mol. The number of fused-ring (bicyclic) bond motifs is 1. The molecule has 0 aromatic rings. The molecule has 0 bridgehead atoms. The van der Waals surface area contributed by atoms with Gasteiger partial charge in [0.05, 0.1) is 19.6 Å². The van der Waals surface area contributed by atoms with Crippen LogP contribution in [0.4, 0.5) is 0 Å². The molecule has 2 saturated heterocycles. The van der Waals surface area contributed by atoms with Gasteiger partial charge in [0, 0.05) is 19.6 Å². The molecular formula is C19H33NO8. The Morgan fingerprint density at radius 3 is 2.43 bits per heavy atom. The molecule has 28 heavy (non-hydrogen) atoms. The van der Waals surface area contributed by atoms with Gasteiger partial charge < -0.3 is 33.7 Å². The van der Waals surface area contributed by atoms with Gasteiger partial charge in [0.25, 0.3) is 0 Å². The minimum Gasteiger partial charge on any atom is -0.466 e. The van der Waals surface area contributed by atoms with Gasteiger partial charge >= 0.3 is 11.9 Å². The summed E-state index contributed by atoms with van der Waals surface area (Å²) < 4.78 is 33.4. The van der Waals surface area contributed by atoms with Crippen LogP contribution in [-0.4, -0.2) is 75.2 Å². The largest absolute Gasteiger partial charge is 0.466 e. The van der Waals surface area contributed by atoms with Gasteiger partial charge in [0.2, 0.25) is 0 Å². The summed E-state index contributed by atoms with van der Waals surface area (Å²) in [6, 6.07) is -0.368. The molecule has 0 amide bonds. The van der Waals surface area contributed by atoms with Crippen molar-refractivity contribution in [3.63, 3.8) is 0 Å². The number of nitrogens with one attached hydrogen (secondary N) is 1. The summed E-state index contributed by atoms with van der Waals surface area (Å²) >= 11 is 0. The maximum atomic E-state index is 12.1. The third-order valence-corrected chi connectivity index (χ3v) is 4.66. The highest BCUT2D eigenvalue weighted by atomic mass is 16.8. The van der Waals surface area contributed by atoms with Crippen molar-refractivity contribution in [2.75, 3.05) is 26.9 Å². The van der Waals surface area contributed by atoms with E-state index in [-0.39, 0.29) is 30.5 Å². The summed E-state index contributed by atoms with van der Waals surface area (Å²) in [4.78, 5) is 23.6. The van der Waals surface area contributed by atoms with Crippen molar-refractivity contribution in [1.29, 1.82) is 0 Å². The maximum Gasteiger partial charge on any atom is 0.307 e. The second-order valence-corrected chi connectivity index (χ2v) is 7.25. The van der Waals surface area contributed by atoms with Crippen molar-refractivity contribution in [3.8, 4) is 0 Å². The molecule has 2 rings (SSSR count). The first-order valence-corrected chi connectivity index (χ1v) is 9.89. The molecular weight excluding hydrogens is 370 g/mol. The molecule has 0 spiro atoms. The van der Waals surface area contributed by atoms with Crippen LogP contribution in [-0.2, 0) is 38.0 Å². The lowest BCUT2D eigenvalue weighted by atomic mass is 10.00. The number of esters is 2. The van der Waals surface area contributed by atoms with Crippen LogP contribution >= 0.6 is 0 Å². The molecule has 162 valence electrons. The number of ether oxygens (including phenoxy) is 6. The Labute approximate surface area is 166 Å². The van der Waals surface area contributed by atoms with Crippen molar-refractivity contribution in [2.24, 2.45) is 0 Å². The second kappa shape index (κ2) is 10.5. The summed E-state index contributed by atoms with van der Waals surface area (Å²) in [6.45, 7) is 8.36. The average Bonchev–Trinajstić information content (AvgIpc) is 3.09. The highest BCUT2D eigenvalue weighted by Crippen LogP contribution is 2.39. The zero-order valence-corrected chi connectivity index (χ0v) is 17.4. The predicted molar refractivity (Wildman–Crippen MR) is 98.4 cm³/mol. The van der Waals surface area contributed by atoms with E-state index in [9.17, 15) is 9.59 Å². The molecule has 0 aromatic heterocycles. The van der Waals surface area contributed by atoms with Gasteiger partial charge in [-0.15, -0.1) is 0 Å². The van der Waals surface area contributed by atoms with E-state index in [0.717, 1.165) is 0 Å². The van der Waals surface area contributed by atoms with Crippen LogP contribution in [0.25, 0.3) is 0 Å². The predicted octanol–water partition coefficient (Wildman–Crippen LogP) is 1.13. The fraction of sp³-hybridized carbons (Fsp3) is 0.895. The number of methoxy groups -OCH3 is 1. The number of carbonyl (C=O) groups excluding carboxylic acids is 2. The van der Waals surface area contributed by atoms with E-state index in [1.54, 1.807) is 21.0 Å². The molecule has 2 heterocycles. The number of hydrogen-bond donors (Lipinski definition) is 1. The van der Waals surface area contributed by atoms with Gasteiger partial charge in [-0.05, 0) is 40.7 Å². The molecule has 0 unspecified atom stereocenters. The van der Waals surface area contributed by atoms with Crippen LogP contribution < -0.4 is 5.32 Å². The third-order valence-electron chi connectivity index (χ3n) is 4.66. The fourth-order valence-corrected chi connectivity index (χ4v) is 3.55. The molecule has 0 saturated carbocycles. The minimum atomic E-state index is -0.749. The highest BCUT2D eigenvalue weighted by molar-refractivity contribution is 5.70. The van der Waals surface area contributed by atoms with E-state index in [2.05, 4.69) is 5.32 Å². The van der Waals surface area contributed by atoms with Crippen LogP contribution in [0.1, 0.15) is 47.0 Å². The maximum absolute atomic E-state index is 12.1. The Bertz CT molecular complexity index is 526. The molecule has 5 atom stereocenters. The lowest BCUT2D eigenvalue weighted by Crippen LogP contribution is -2.49. The Morgan fingerprint density at radius 1 is 1.11 bits per heavy atom. The Balaban J connectivity index is 1.98. The topological polar surface area (TPSA) is 102 Å². The second-order valence-electron chi connectivity index (χ2n) is 7.25. The first-order valence-electron chi connectivity index (χ1n) is 9.89. The highest BCUT2D eigenvalue weighted by Gasteiger charge is 2.56. The van der Waals surface area contributed by atoms with Gasteiger partial charge in [-0.1, -0.05) is 0 Å². The van der Waals surface area contributed by atoms with Crippen molar-refractivity contribution < 1.29 is 38.0 Å².